The maximum atomic E-state index is 11.8. The van der Waals surface area contributed by atoms with Crippen LogP contribution in [0.3, 0.4) is 0 Å². The fourth-order valence-corrected chi connectivity index (χ4v) is 3.44. The van der Waals surface area contributed by atoms with Crippen LogP contribution >= 0.6 is 11.3 Å². The molecule has 107 valence electrons. The number of primary amides is 1. The van der Waals surface area contributed by atoms with Gasteiger partial charge in [-0.2, -0.15) is 0 Å². The number of thiazole rings is 1. The van der Waals surface area contributed by atoms with Crippen LogP contribution in [0.25, 0.3) is 22.0 Å². The first-order chi connectivity index (χ1) is 10.7. The van der Waals surface area contributed by atoms with Crippen LogP contribution in [0.4, 0.5) is 0 Å². The zero-order valence-corrected chi connectivity index (χ0v) is 12.4. The van der Waals surface area contributed by atoms with Gasteiger partial charge in [0, 0.05) is 11.1 Å². The lowest BCUT2D eigenvalue weighted by Gasteiger charge is -2.17. The van der Waals surface area contributed by atoms with Crippen molar-refractivity contribution in [3.8, 4) is 22.0 Å². The van der Waals surface area contributed by atoms with Gasteiger partial charge >= 0.3 is 0 Å². The number of carbonyl (C=O) groups is 1. The van der Waals surface area contributed by atoms with Gasteiger partial charge in [-0.15, -0.1) is 11.3 Å². The number of rotatable bonds is 2. The minimum absolute atomic E-state index is 0.308. The molecule has 0 bridgehead atoms. The summed E-state index contributed by atoms with van der Waals surface area (Å²) in [6.07, 6.45) is 1.43. The molecule has 0 atom stereocenters. The number of hydrogen-bond acceptors (Lipinski definition) is 5. The first-order valence-electron chi connectivity index (χ1n) is 6.86. The Hall–Kier alpha value is -2.60. The van der Waals surface area contributed by atoms with Crippen molar-refractivity contribution in [2.75, 3.05) is 0 Å². The number of fused-ring (bicyclic) bond motifs is 3. The molecule has 0 saturated heterocycles. The van der Waals surface area contributed by atoms with Crippen molar-refractivity contribution in [3.63, 3.8) is 0 Å². The molecule has 0 spiro atoms. The van der Waals surface area contributed by atoms with E-state index in [9.17, 15) is 4.79 Å². The van der Waals surface area contributed by atoms with Gasteiger partial charge < -0.3 is 5.73 Å². The topological polar surface area (TPSA) is 81.8 Å². The number of aromatic nitrogens is 3. The van der Waals surface area contributed by atoms with Crippen molar-refractivity contribution < 1.29 is 4.79 Å². The van der Waals surface area contributed by atoms with E-state index < -0.39 is 5.91 Å². The summed E-state index contributed by atoms with van der Waals surface area (Å²) >= 11 is 1.41. The van der Waals surface area contributed by atoms with Crippen molar-refractivity contribution in [2.24, 2.45) is 5.73 Å². The van der Waals surface area contributed by atoms with Crippen LogP contribution in [0.5, 0.6) is 0 Å². The minimum atomic E-state index is -0.521. The zero-order valence-electron chi connectivity index (χ0n) is 11.5. The van der Waals surface area contributed by atoms with Gasteiger partial charge in [-0.25, -0.2) is 15.0 Å². The van der Waals surface area contributed by atoms with Crippen LogP contribution in [0.2, 0.25) is 0 Å². The molecule has 0 aliphatic heterocycles. The third-order valence-corrected chi connectivity index (χ3v) is 4.51. The summed E-state index contributed by atoms with van der Waals surface area (Å²) < 4.78 is 0. The van der Waals surface area contributed by atoms with E-state index in [0.29, 0.717) is 17.9 Å². The molecule has 0 unspecified atom stereocenters. The van der Waals surface area contributed by atoms with E-state index in [1.807, 2.05) is 30.3 Å². The maximum Gasteiger partial charge on any atom is 0.267 e. The number of amides is 1. The Morgan fingerprint density at radius 1 is 1.18 bits per heavy atom. The SMILES string of the molecule is NC(=O)c1nc(-c2ccccc2)nc2c1CCc1n[c]sc1-2. The summed E-state index contributed by atoms with van der Waals surface area (Å²) in [5, 5.41) is 0. The number of nitrogens with two attached hydrogens (primary N) is 1. The smallest absolute Gasteiger partial charge is 0.267 e. The number of benzene rings is 1. The lowest BCUT2D eigenvalue weighted by Crippen LogP contribution is -2.20. The van der Waals surface area contributed by atoms with E-state index in [-0.39, 0.29) is 0 Å². The number of hydrogen-bond donors (Lipinski definition) is 1. The van der Waals surface area contributed by atoms with Crippen LogP contribution in [-0.4, -0.2) is 20.9 Å². The second kappa shape index (κ2) is 4.99. The highest BCUT2D eigenvalue weighted by Gasteiger charge is 2.26. The number of carbonyl (C=O) groups excluding carboxylic acids is 1. The molecule has 1 amide bonds. The monoisotopic (exact) mass is 307 g/mol. The molecule has 1 aliphatic carbocycles. The highest BCUT2D eigenvalue weighted by atomic mass is 32.1. The van der Waals surface area contributed by atoms with E-state index in [1.165, 1.54) is 11.3 Å². The van der Waals surface area contributed by atoms with Crippen LogP contribution in [0.15, 0.2) is 30.3 Å². The number of aryl methyl sites for hydroxylation is 1. The van der Waals surface area contributed by atoms with Crippen LogP contribution in [0, 0.1) is 5.51 Å². The van der Waals surface area contributed by atoms with Crippen molar-refractivity contribution in [1.82, 2.24) is 15.0 Å². The Morgan fingerprint density at radius 3 is 2.77 bits per heavy atom. The largest absolute Gasteiger partial charge is 0.364 e. The van der Waals surface area contributed by atoms with Crippen LogP contribution in [0.1, 0.15) is 21.7 Å². The Balaban J connectivity index is 2.00. The van der Waals surface area contributed by atoms with E-state index in [0.717, 1.165) is 33.8 Å². The molecule has 0 saturated carbocycles. The minimum Gasteiger partial charge on any atom is -0.364 e. The second-order valence-corrected chi connectivity index (χ2v) is 5.83. The molecule has 5 nitrogen and oxygen atoms in total. The molecule has 2 N–H and O–H groups in total. The van der Waals surface area contributed by atoms with Gasteiger partial charge in [-0.1, -0.05) is 30.3 Å². The molecule has 2 heterocycles. The molecule has 2 aromatic heterocycles. The molecule has 22 heavy (non-hydrogen) atoms. The zero-order chi connectivity index (χ0) is 15.1. The van der Waals surface area contributed by atoms with E-state index in [4.69, 9.17) is 5.73 Å². The Morgan fingerprint density at radius 2 is 2.00 bits per heavy atom. The van der Waals surface area contributed by atoms with Gasteiger partial charge in [0.2, 0.25) is 0 Å². The van der Waals surface area contributed by atoms with Gasteiger partial charge in [-0.3, -0.25) is 4.79 Å². The molecule has 1 aromatic carbocycles. The standard InChI is InChI=1S/C16H11N4OS/c17-15(21)13-10-6-7-11-14(22-8-18-11)12(10)19-16(20-13)9-4-2-1-3-5-9/h1-5H,6-7H2,(H2,17,21). The Bertz CT molecular complexity index is 873. The van der Waals surface area contributed by atoms with Gasteiger partial charge in [0.05, 0.1) is 16.3 Å². The molecule has 3 aromatic rings. The predicted molar refractivity (Wildman–Crippen MR) is 83.3 cm³/mol. The second-order valence-electron chi connectivity index (χ2n) is 5.03. The predicted octanol–water partition coefficient (Wildman–Crippen LogP) is 2.26. The quantitative estimate of drug-likeness (QED) is 0.787. The summed E-state index contributed by atoms with van der Waals surface area (Å²) in [6, 6.07) is 9.57. The third-order valence-electron chi connectivity index (χ3n) is 3.69. The lowest BCUT2D eigenvalue weighted by molar-refractivity contribution is 0.0994. The average Bonchev–Trinajstić information content (AvgIpc) is 3.03. The lowest BCUT2D eigenvalue weighted by atomic mass is 9.96. The van der Waals surface area contributed by atoms with E-state index in [2.05, 4.69) is 20.5 Å². The summed E-state index contributed by atoms with van der Waals surface area (Å²) in [7, 11) is 0. The third kappa shape index (κ3) is 2.00. The first kappa shape index (κ1) is 13.1. The van der Waals surface area contributed by atoms with Crippen molar-refractivity contribution in [3.05, 3.63) is 52.8 Å². The van der Waals surface area contributed by atoms with Crippen molar-refractivity contribution >= 4 is 17.2 Å². The van der Waals surface area contributed by atoms with E-state index >= 15 is 0 Å². The summed E-state index contributed by atoms with van der Waals surface area (Å²) in [5.74, 6) is -0.0119. The molecule has 4 rings (SSSR count). The van der Waals surface area contributed by atoms with Gasteiger partial charge in [-0.05, 0) is 12.8 Å². The summed E-state index contributed by atoms with van der Waals surface area (Å²) in [4.78, 5) is 26.1. The molecule has 6 heteroatoms. The maximum absolute atomic E-state index is 11.8. The highest BCUT2D eigenvalue weighted by Crippen LogP contribution is 2.36. The Labute approximate surface area is 130 Å². The first-order valence-corrected chi connectivity index (χ1v) is 7.68. The van der Waals surface area contributed by atoms with Crippen molar-refractivity contribution in [2.45, 2.75) is 12.8 Å². The Kier molecular flexibility index (Phi) is 2.97. The molecule has 1 radical (unpaired) electrons. The van der Waals surface area contributed by atoms with E-state index in [1.54, 1.807) is 0 Å². The fourth-order valence-electron chi connectivity index (χ4n) is 2.66. The molecular weight excluding hydrogens is 296 g/mol. The van der Waals surface area contributed by atoms with Crippen LogP contribution in [-0.2, 0) is 12.8 Å². The van der Waals surface area contributed by atoms with Crippen LogP contribution < -0.4 is 5.73 Å². The number of nitrogens with zero attached hydrogens (tertiary/aromatic N) is 3. The normalized spacial score (nSPS) is 12.5. The van der Waals surface area contributed by atoms with Crippen molar-refractivity contribution in [1.29, 1.82) is 0 Å². The molecular formula is C16H11N4OS. The summed E-state index contributed by atoms with van der Waals surface area (Å²) in [5.41, 5.74) is 12.2. The van der Waals surface area contributed by atoms with Gasteiger partial charge in [0.1, 0.15) is 5.69 Å². The van der Waals surface area contributed by atoms with Gasteiger partial charge in [0.25, 0.3) is 5.91 Å². The average molecular weight is 307 g/mol. The molecule has 0 fully saturated rings. The highest BCUT2D eigenvalue weighted by molar-refractivity contribution is 7.13. The van der Waals surface area contributed by atoms with Gasteiger partial charge in [0.15, 0.2) is 11.3 Å². The molecule has 1 aliphatic rings. The summed E-state index contributed by atoms with van der Waals surface area (Å²) in [6.45, 7) is 0. The fraction of sp³-hybridized carbons (Fsp3) is 0.125.